The van der Waals surface area contributed by atoms with E-state index in [1.807, 2.05) is 31.2 Å². The van der Waals surface area contributed by atoms with E-state index in [9.17, 15) is 13.2 Å². The van der Waals surface area contributed by atoms with Crippen LogP contribution in [0.3, 0.4) is 0 Å². The molecule has 0 bridgehead atoms. The number of hydrogen-bond donors (Lipinski definition) is 2. The summed E-state index contributed by atoms with van der Waals surface area (Å²) >= 11 is 1.22. The fraction of sp³-hybridized carbons (Fsp3) is 0.318. The van der Waals surface area contributed by atoms with Gasteiger partial charge in [-0.2, -0.15) is 4.31 Å². The van der Waals surface area contributed by atoms with Crippen molar-refractivity contribution in [1.82, 2.24) is 14.3 Å². The number of carbonyl (C=O) groups is 1. The number of hydrogen-bond acceptors (Lipinski definition) is 7. The Kier molecular flexibility index (Phi) is 8.05. The highest BCUT2D eigenvalue weighted by atomic mass is 32.2. The highest BCUT2D eigenvalue weighted by molar-refractivity contribution is 7.99. The summed E-state index contributed by atoms with van der Waals surface area (Å²) in [7, 11) is -3.60. The van der Waals surface area contributed by atoms with Crippen LogP contribution in [0.2, 0.25) is 0 Å². The normalized spacial score (nSPS) is 11.6. The van der Waals surface area contributed by atoms with Gasteiger partial charge in [-0.25, -0.2) is 18.4 Å². The van der Waals surface area contributed by atoms with Gasteiger partial charge in [0.15, 0.2) is 5.16 Å². The number of rotatable bonds is 10. The van der Waals surface area contributed by atoms with Crippen molar-refractivity contribution in [3.8, 4) is 0 Å². The Morgan fingerprint density at radius 2 is 1.78 bits per heavy atom. The summed E-state index contributed by atoms with van der Waals surface area (Å²) in [6, 6.07) is 14.0. The first-order valence-corrected chi connectivity index (χ1v) is 12.8. The Hall–Kier alpha value is -2.69. The molecule has 0 aliphatic heterocycles. The van der Waals surface area contributed by atoms with Gasteiger partial charge >= 0.3 is 0 Å². The number of carbonyl (C=O) groups excluding carboxylic acids is 1. The van der Waals surface area contributed by atoms with Crippen LogP contribution in [-0.2, 0) is 14.8 Å². The Bertz CT molecular complexity index is 1200. The number of nitrogens with zero attached hydrogens (tertiary/aromatic N) is 3. The molecule has 0 saturated carbocycles. The van der Waals surface area contributed by atoms with E-state index in [0.717, 1.165) is 23.3 Å². The zero-order valence-electron chi connectivity index (χ0n) is 18.3. The Morgan fingerprint density at radius 1 is 1.03 bits per heavy atom. The lowest BCUT2D eigenvalue weighted by Crippen LogP contribution is -2.30. The third-order valence-corrected chi connectivity index (χ3v) is 7.61. The topological polar surface area (TPSA) is 104 Å². The summed E-state index contributed by atoms with van der Waals surface area (Å²) in [6.07, 6.45) is 0. The van der Waals surface area contributed by atoms with Crippen LogP contribution >= 0.6 is 11.8 Å². The predicted octanol–water partition coefficient (Wildman–Crippen LogP) is 3.82. The van der Waals surface area contributed by atoms with Crippen LogP contribution in [0.15, 0.2) is 58.6 Å². The SMILES string of the molecule is CCNc1nc(SCC(=O)Nc2cccc(S(=O)(=O)N(CC)CC)c2)nc2ccccc12. The lowest BCUT2D eigenvalue weighted by atomic mass is 10.2. The van der Waals surface area contributed by atoms with E-state index >= 15 is 0 Å². The molecule has 0 aliphatic carbocycles. The number of benzene rings is 2. The number of anilines is 2. The number of thioether (sulfide) groups is 1. The van der Waals surface area contributed by atoms with Gasteiger partial charge in [0.2, 0.25) is 15.9 Å². The number of para-hydroxylation sites is 1. The predicted molar refractivity (Wildman–Crippen MR) is 130 cm³/mol. The van der Waals surface area contributed by atoms with Gasteiger partial charge < -0.3 is 10.6 Å². The van der Waals surface area contributed by atoms with E-state index in [2.05, 4.69) is 20.6 Å². The van der Waals surface area contributed by atoms with Crippen molar-refractivity contribution >= 4 is 50.1 Å². The van der Waals surface area contributed by atoms with Crippen molar-refractivity contribution in [2.45, 2.75) is 30.8 Å². The molecule has 0 spiro atoms. The van der Waals surface area contributed by atoms with Crippen molar-refractivity contribution in [3.05, 3.63) is 48.5 Å². The van der Waals surface area contributed by atoms with Gasteiger partial charge in [0.1, 0.15) is 5.82 Å². The second-order valence-corrected chi connectivity index (χ2v) is 9.74. The highest BCUT2D eigenvalue weighted by Crippen LogP contribution is 2.25. The van der Waals surface area contributed by atoms with E-state index in [-0.39, 0.29) is 16.6 Å². The fourth-order valence-electron chi connectivity index (χ4n) is 3.20. The second-order valence-electron chi connectivity index (χ2n) is 6.86. The summed E-state index contributed by atoms with van der Waals surface area (Å²) < 4.78 is 26.8. The molecule has 2 N–H and O–H groups in total. The minimum absolute atomic E-state index is 0.0942. The molecule has 0 unspecified atom stereocenters. The number of fused-ring (bicyclic) bond motifs is 1. The number of nitrogens with one attached hydrogen (secondary N) is 2. The molecule has 10 heteroatoms. The van der Waals surface area contributed by atoms with Gasteiger partial charge in [0.25, 0.3) is 0 Å². The van der Waals surface area contributed by atoms with Gasteiger partial charge in [-0.05, 0) is 37.3 Å². The summed E-state index contributed by atoms with van der Waals surface area (Å²) in [5, 5.41) is 7.41. The fourth-order valence-corrected chi connectivity index (χ4v) is 5.35. The molecule has 1 aromatic heterocycles. The van der Waals surface area contributed by atoms with Crippen molar-refractivity contribution in [3.63, 3.8) is 0 Å². The largest absolute Gasteiger partial charge is 0.370 e. The van der Waals surface area contributed by atoms with Crippen LogP contribution in [0.1, 0.15) is 20.8 Å². The highest BCUT2D eigenvalue weighted by Gasteiger charge is 2.22. The van der Waals surface area contributed by atoms with E-state index < -0.39 is 10.0 Å². The van der Waals surface area contributed by atoms with Gasteiger partial charge in [0, 0.05) is 30.7 Å². The van der Waals surface area contributed by atoms with Crippen molar-refractivity contribution in [2.24, 2.45) is 0 Å². The maximum absolute atomic E-state index is 12.7. The van der Waals surface area contributed by atoms with Gasteiger partial charge in [-0.1, -0.05) is 43.8 Å². The number of aromatic nitrogens is 2. The van der Waals surface area contributed by atoms with Crippen LogP contribution in [0, 0.1) is 0 Å². The van der Waals surface area contributed by atoms with Crippen molar-refractivity contribution in [1.29, 1.82) is 0 Å². The molecule has 3 aromatic rings. The van der Waals surface area contributed by atoms with Crippen LogP contribution < -0.4 is 10.6 Å². The average molecular weight is 474 g/mol. The third-order valence-electron chi connectivity index (χ3n) is 4.72. The zero-order valence-corrected chi connectivity index (χ0v) is 20.0. The molecule has 0 radical (unpaired) electrons. The molecular formula is C22H27N5O3S2. The summed E-state index contributed by atoms with van der Waals surface area (Å²) in [5.41, 5.74) is 1.23. The lowest BCUT2D eigenvalue weighted by molar-refractivity contribution is -0.113. The minimum Gasteiger partial charge on any atom is -0.370 e. The first-order valence-electron chi connectivity index (χ1n) is 10.4. The smallest absolute Gasteiger partial charge is 0.243 e. The van der Waals surface area contributed by atoms with Crippen LogP contribution in [0.5, 0.6) is 0 Å². The Balaban J connectivity index is 1.71. The lowest BCUT2D eigenvalue weighted by Gasteiger charge is -2.18. The van der Waals surface area contributed by atoms with Gasteiger partial charge in [0.05, 0.1) is 16.2 Å². The first-order chi connectivity index (χ1) is 15.4. The molecule has 2 aromatic carbocycles. The Labute approximate surface area is 192 Å². The second kappa shape index (κ2) is 10.8. The molecule has 32 heavy (non-hydrogen) atoms. The summed E-state index contributed by atoms with van der Waals surface area (Å²) in [5.74, 6) is 0.557. The number of sulfonamides is 1. The van der Waals surface area contributed by atoms with Gasteiger partial charge in [-0.3, -0.25) is 4.79 Å². The molecule has 0 saturated heterocycles. The molecule has 0 fully saturated rings. The standard InChI is InChI=1S/C22H27N5O3S2/c1-4-23-21-18-12-7-8-13-19(18)25-22(26-21)31-15-20(28)24-16-10-9-11-17(14-16)32(29,30)27(5-2)6-3/h7-14H,4-6,15H2,1-3H3,(H,24,28)(H,23,25,26). The van der Waals surface area contributed by atoms with Crippen LogP contribution in [0.25, 0.3) is 10.9 Å². The van der Waals surface area contributed by atoms with E-state index in [1.54, 1.807) is 26.0 Å². The third kappa shape index (κ3) is 5.56. The zero-order chi connectivity index (χ0) is 23.1. The van der Waals surface area contributed by atoms with Gasteiger partial charge in [-0.15, -0.1) is 0 Å². The Morgan fingerprint density at radius 3 is 2.50 bits per heavy atom. The van der Waals surface area contributed by atoms with E-state index in [1.165, 1.54) is 28.2 Å². The summed E-state index contributed by atoms with van der Waals surface area (Å²) in [6.45, 7) is 7.06. The minimum atomic E-state index is -3.60. The van der Waals surface area contributed by atoms with E-state index in [4.69, 9.17) is 0 Å². The monoisotopic (exact) mass is 473 g/mol. The summed E-state index contributed by atoms with van der Waals surface area (Å²) in [4.78, 5) is 21.7. The van der Waals surface area contributed by atoms with E-state index in [0.29, 0.717) is 23.9 Å². The molecule has 1 heterocycles. The average Bonchev–Trinajstić information content (AvgIpc) is 2.79. The molecule has 170 valence electrons. The van der Waals surface area contributed by atoms with Crippen molar-refractivity contribution in [2.75, 3.05) is 36.0 Å². The molecule has 1 amide bonds. The maximum Gasteiger partial charge on any atom is 0.243 e. The quantitative estimate of drug-likeness (QED) is 0.341. The molecule has 0 atom stereocenters. The maximum atomic E-state index is 12.7. The van der Waals surface area contributed by atoms with Crippen LogP contribution in [0.4, 0.5) is 11.5 Å². The molecule has 0 aliphatic rings. The number of amides is 1. The van der Waals surface area contributed by atoms with Crippen molar-refractivity contribution < 1.29 is 13.2 Å². The first kappa shape index (κ1) is 24.0. The molecule has 3 rings (SSSR count). The van der Waals surface area contributed by atoms with Crippen LogP contribution in [-0.4, -0.2) is 54.0 Å². The molecular weight excluding hydrogens is 446 g/mol. The molecule has 8 nitrogen and oxygen atoms in total.